The number of halogens is 3. The molecule has 0 heterocycles. The Morgan fingerprint density at radius 1 is 0.905 bits per heavy atom. The summed E-state index contributed by atoms with van der Waals surface area (Å²) in [7, 11) is -3.74. The maximum Gasteiger partial charge on any atom is 0.216 e. The van der Waals surface area contributed by atoms with Crippen LogP contribution >= 0.6 is 0 Å². The molecule has 21 heavy (non-hydrogen) atoms. The highest BCUT2D eigenvalue weighted by atomic mass is 32.2. The third-order valence-electron chi connectivity index (χ3n) is 2.76. The summed E-state index contributed by atoms with van der Waals surface area (Å²) in [6, 6.07) is 7.80. The topological polar surface area (TPSA) is 46.2 Å². The van der Waals surface area contributed by atoms with E-state index in [-0.39, 0.29) is 17.9 Å². The zero-order valence-corrected chi connectivity index (χ0v) is 11.6. The monoisotopic (exact) mass is 315 g/mol. The molecule has 0 aliphatic heterocycles. The Labute approximate surface area is 120 Å². The molecule has 0 saturated heterocycles. The van der Waals surface area contributed by atoms with Crippen LogP contribution in [-0.2, 0) is 22.3 Å². The summed E-state index contributed by atoms with van der Waals surface area (Å²) < 4.78 is 64.9. The molecular weight excluding hydrogens is 303 g/mol. The molecule has 0 spiro atoms. The van der Waals surface area contributed by atoms with Gasteiger partial charge >= 0.3 is 0 Å². The van der Waals surface area contributed by atoms with Gasteiger partial charge in [0.05, 0.1) is 5.75 Å². The van der Waals surface area contributed by atoms with E-state index in [1.165, 1.54) is 12.1 Å². The smallest absolute Gasteiger partial charge is 0.212 e. The molecule has 0 atom stereocenters. The average Bonchev–Trinajstić information content (AvgIpc) is 2.42. The zero-order valence-electron chi connectivity index (χ0n) is 10.8. The standard InChI is InChI=1S/C14H12F3NO2S/c15-12-3-1-10(2-4-12)9-21(19,20)18-8-11-7-13(16)5-6-14(11)17/h1-7,18H,8-9H2. The largest absolute Gasteiger partial charge is 0.216 e. The quantitative estimate of drug-likeness (QED) is 0.922. The molecule has 2 rings (SSSR count). The molecule has 0 unspecified atom stereocenters. The predicted octanol–water partition coefficient (Wildman–Crippen LogP) is 2.72. The number of hydrogen-bond acceptors (Lipinski definition) is 2. The Balaban J connectivity index is 2.04. The molecule has 1 N–H and O–H groups in total. The Hall–Kier alpha value is -1.86. The molecule has 7 heteroatoms. The second-order valence-electron chi connectivity index (χ2n) is 4.44. The van der Waals surface area contributed by atoms with Crippen LogP contribution in [0.1, 0.15) is 11.1 Å². The van der Waals surface area contributed by atoms with Gasteiger partial charge in [-0.15, -0.1) is 0 Å². The first-order valence-electron chi connectivity index (χ1n) is 6.01. The van der Waals surface area contributed by atoms with Gasteiger partial charge in [-0.3, -0.25) is 0 Å². The Bertz CT molecular complexity index is 730. The van der Waals surface area contributed by atoms with E-state index < -0.39 is 27.5 Å². The van der Waals surface area contributed by atoms with Crippen molar-refractivity contribution in [2.45, 2.75) is 12.3 Å². The van der Waals surface area contributed by atoms with Gasteiger partial charge in [-0.25, -0.2) is 26.3 Å². The normalized spacial score (nSPS) is 11.6. The molecule has 2 aromatic carbocycles. The minimum absolute atomic E-state index is 0.0855. The maximum absolute atomic E-state index is 13.4. The molecule has 0 saturated carbocycles. The van der Waals surface area contributed by atoms with Crippen molar-refractivity contribution in [2.75, 3.05) is 0 Å². The van der Waals surface area contributed by atoms with Gasteiger partial charge in [0.25, 0.3) is 0 Å². The van der Waals surface area contributed by atoms with Gasteiger partial charge in [-0.1, -0.05) is 12.1 Å². The molecule has 0 aliphatic carbocycles. The van der Waals surface area contributed by atoms with Crippen molar-refractivity contribution in [2.24, 2.45) is 0 Å². The molecule has 0 aliphatic rings. The van der Waals surface area contributed by atoms with Crippen LogP contribution in [-0.4, -0.2) is 8.42 Å². The number of hydrogen-bond donors (Lipinski definition) is 1. The fourth-order valence-corrected chi connectivity index (χ4v) is 2.83. The minimum atomic E-state index is -3.74. The van der Waals surface area contributed by atoms with E-state index in [1.807, 2.05) is 0 Å². The van der Waals surface area contributed by atoms with Crippen molar-refractivity contribution in [3.05, 3.63) is 71.0 Å². The van der Waals surface area contributed by atoms with Crippen molar-refractivity contribution in [3.8, 4) is 0 Å². The number of benzene rings is 2. The lowest BCUT2D eigenvalue weighted by atomic mass is 10.2. The molecule has 0 aromatic heterocycles. The Morgan fingerprint density at radius 2 is 1.52 bits per heavy atom. The first kappa shape index (κ1) is 15.5. The summed E-state index contributed by atoms with van der Waals surface area (Å²) in [5.74, 6) is -2.18. The third-order valence-corrected chi connectivity index (χ3v) is 4.06. The van der Waals surface area contributed by atoms with Crippen LogP contribution in [0, 0.1) is 17.5 Å². The van der Waals surface area contributed by atoms with Crippen LogP contribution in [0.25, 0.3) is 0 Å². The summed E-state index contributed by atoms with van der Waals surface area (Å²) in [5.41, 5.74) is 0.307. The van der Waals surface area contributed by atoms with Crippen molar-refractivity contribution in [3.63, 3.8) is 0 Å². The van der Waals surface area contributed by atoms with Gasteiger partial charge in [-0.2, -0.15) is 0 Å². The lowest BCUT2D eigenvalue weighted by molar-refractivity contribution is 0.566. The highest BCUT2D eigenvalue weighted by molar-refractivity contribution is 7.88. The van der Waals surface area contributed by atoms with Crippen molar-refractivity contribution < 1.29 is 21.6 Å². The van der Waals surface area contributed by atoms with Crippen LogP contribution in [0.15, 0.2) is 42.5 Å². The second-order valence-corrected chi connectivity index (χ2v) is 6.25. The van der Waals surface area contributed by atoms with Gasteiger partial charge in [0.2, 0.25) is 10.0 Å². The van der Waals surface area contributed by atoms with Gasteiger partial charge in [-0.05, 0) is 35.9 Å². The lowest BCUT2D eigenvalue weighted by Crippen LogP contribution is -2.25. The number of rotatable bonds is 5. The molecule has 2 aromatic rings. The zero-order chi connectivity index (χ0) is 15.5. The fraction of sp³-hybridized carbons (Fsp3) is 0.143. The second kappa shape index (κ2) is 6.28. The summed E-state index contributed by atoms with van der Waals surface area (Å²) >= 11 is 0. The summed E-state index contributed by atoms with van der Waals surface area (Å²) in [4.78, 5) is 0. The van der Waals surface area contributed by atoms with Gasteiger partial charge in [0, 0.05) is 12.1 Å². The molecule has 0 radical (unpaired) electrons. The molecule has 3 nitrogen and oxygen atoms in total. The van der Waals surface area contributed by atoms with E-state index in [2.05, 4.69) is 4.72 Å². The van der Waals surface area contributed by atoms with Gasteiger partial charge in [0.15, 0.2) is 0 Å². The molecule has 0 amide bonds. The van der Waals surface area contributed by atoms with Crippen LogP contribution < -0.4 is 4.72 Å². The lowest BCUT2D eigenvalue weighted by Gasteiger charge is -2.08. The van der Waals surface area contributed by atoms with E-state index >= 15 is 0 Å². The van der Waals surface area contributed by atoms with Gasteiger partial charge < -0.3 is 0 Å². The van der Waals surface area contributed by atoms with E-state index in [0.29, 0.717) is 5.56 Å². The summed E-state index contributed by atoms with van der Waals surface area (Å²) in [5, 5.41) is 0. The minimum Gasteiger partial charge on any atom is -0.212 e. The molecule has 112 valence electrons. The SMILES string of the molecule is O=S(=O)(Cc1ccc(F)cc1)NCc1cc(F)ccc1F. The van der Waals surface area contributed by atoms with E-state index in [9.17, 15) is 21.6 Å². The van der Waals surface area contributed by atoms with E-state index in [0.717, 1.165) is 30.3 Å². The third kappa shape index (κ3) is 4.57. The van der Waals surface area contributed by atoms with E-state index in [4.69, 9.17) is 0 Å². The van der Waals surface area contributed by atoms with Crippen LogP contribution in [0.5, 0.6) is 0 Å². The maximum atomic E-state index is 13.4. The predicted molar refractivity (Wildman–Crippen MR) is 72.2 cm³/mol. The van der Waals surface area contributed by atoms with Gasteiger partial charge in [0.1, 0.15) is 17.5 Å². The van der Waals surface area contributed by atoms with Crippen LogP contribution in [0.3, 0.4) is 0 Å². The Kier molecular flexibility index (Phi) is 4.64. The first-order chi connectivity index (χ1) is 9.85. The highest BCUT2D eigenvalue weighted by Gasteiger charge is 2.13. The fourth-order valence-electron chi connectivity index (χ4n) is 1.72. The van der Waals surface area contributed by atoms with Crippen molar-refractivity contribution >= 4 is 10.0 Å². The Morgan fingerprint density at radius 3 is 2.19 bits per heavy atom. The molecule has 0 fully saturated rings. The summed E-state index contributed by atoms with van der Waals surface area (Å²) in [6.45, 7) is -0.354. The molecule has 0 bridgehead atoms. The number of sulfonamides is 1. The first-order valence-corrected chi connectivity index (χ1v) is 7.67. The highest BCUT2D eigenvalue weighted by Crippen LogP contribution is 2.11. The summed E-state index contributed by atoms with van der Waals surface area (Å²) in [6.07, 6.45) is 0. The average molecular weight is 315 g/mol. The van der Waals surface area contributed by atoms with Crippen molar-refractivity contribution in [1.29, 1.82) is 0 Å². The van der Waals surface area contributed by atoms with Crippen LogP contribution in [0.4, 0.5) is 13.2 Å². The van der Waals surface area contributed by atoms with E-state index in [1.54, 1.807) is 0 Å². The van der Waals surface area contributed by atoms with Crippen molar-refractivity contribution in [1.82, 2.24) is 4.72 Å². The van der Waals surface area contributed by atoms with Crippen LogP contribution in [0.2, 0.25) is 0 Å². The number of nitrogens with one attached hydrogen (secondary N) is 1. The molecular formula is C14H12F3NO2S.